The fourth-order valence-electron chi connectivity index (χ4n) is 1.41. The Morgan fingerprint density at radius 2 is 1.82 bits per heavy atom. The molecule has 0 aliphatic rings. The van der Waals surface area contributed by atoms with Crippen molar-refractivity contribution in [3.63, 3.8) is 0 Å². The minimum atomic E-state index is 0.0787. The van der Waals surface area contributed by atoms with E-state index in [1.54, 1.807) is 11.9 Å². The Bertz CT molecular complexity index is 338. The van der Waals surface area contributed by atoms with Crippen LogP contribution >= 0.6 is 0 Å². The lowest BCUT2D eigenvalue weighted by molar-refractivity contribution is -0.117. The van der Waals surface area contributed by atoms with Crippen LogP contribution in [0.25, 0.3) is 0 Å². The van der Waals surface area contributed by atoms with E-state index >= 15 is 0 Å². The van der Waals surface area contributed by atoms with Crippen LogP contribution in [0, 0.1) is 0 Å². The minimum Gasteiger partial charge on any atom is -0.314 e. The molecule has 1 aromatic rings. The predicted octanol–water partition coefficient (Wildman–Crippen LogP) is 0.801. The normalized spacial score (nSPS) is 10.6. The first kappa shape index (κ1) is 13.7. The van der Waals surface area contributed by atoms with Crippen LogP contribution in [0.2, 0.25) is 0 Å². The maximum Gasteiger partial charge on any atom is 0.240 e. The van der Waals surface area contributed by atoms with Gasteiger partial charge in [0.25, 0.3) is 0 Å². The Balaban J connectivity index is 2.33. The van der Waals surface area contributed by atoms with Crippen LogP contribution in [-0.4, -0.2) is 51.6 Å². The van der Waals surface area contributed by atoms with Gasteiger partial charge in [-0.05, 0) is 26.2 Å². The number of nitrogens with zero attached hydrogens (tertiary/aromatic N) is 2. The summed E-state index contributed by atoms with van der Waals surface area (Å²) < 4.78 is 0. The summed E-state index contributed by atoms with van der Waals surface area (Å²) in [5.41, 5.74) is 0.923. The number of carbonyl (C=O) groups excluding carboxylic acids is 1. The van der Waals surface area contributed by atoms with Crippen LogP contribution < -0.4 is 10.2 Å². The Morgan fingerprint density at radius 1 is 1.18 bits per heavy atom. The fourth-order valence-corrected chi connectivity index (χ4v) is 1.41. The molecule has 0 atom stereocenters. The van der Waals surface area contributed by atoms with E-state index < -0.39 is 0 Å². The number of hydrogen-bond acceptors (Lipinski definition) is 3. The van der Waals surface area contributed by atoms with Gasteiger partial charge in [-0.1, -0.05) is 18.2 Å². The number of rotatable bonds is 6. The molecular weight excluding hydrogens is 214 g/mol. The van der Waals surface area contributed by atoms with E-state index in [-0.39, 0.29) is 5.91 Å². The van der Waals surface area contributed by atoms with E-state index in [1.165, 1.54) is 0 Å². The topological polar surface area (TPSA) is 35.6 Å². The highest BCUT2D eigenvalue weighted by atomic mass is 16.2. The molecule has 0 aliphatic heterocycles. The van der Waals surface area contributed by atoms with Crippen molar-refractivity contribution < 1.29 is 4.79 Å². The molecule has 0 heterocycles. The van der Waals surface area contributed by atoms with Crippen molar-refractivity contribution >= 4 is 11.6 Å². The first-order valence-corrected chi connectivity index (χ1v) is 5.78. The number of amides is 1. The summed E-state index contributed by atoms with van der Waals surface area (Å²) in [7, 11) is 5.82. The highest BCUT2D eigenvalue weighted by Crippen LogP contribution is 2.10. The minimum absolute atomic E-state index is 0.0787. The zero-order chi connectivity index (χ0) is 12.7. The summed E-state index contributed by atoms with van der Waals surface area (Å²) in [5, 5.41) is 3.13. The number of likely N-dealkylation sites (N-methyl/N-ethyl adjacent to an activating group) is 2. The van der Waals surface area contributed by atoms with Gasteiger partial charge in [-0.25, -0.2) is 0 Å². The molecule has 94 valence electrons. The van der Waals surface area contributed by atoms with Crippen molar-refractivity contribution in [1.29, 1.82) is 0 Å². The monoisotopic (exact) mass is 235 g/mol. The Morgan fingerprint density at radius 3 is 2.41 bits per heavy atom. The number of nitrogens with one attached hydrogen (secondary N) is 1. The van der Waals surface area contributed by atoms with Gasteiger partial charge in [-0.2, -0.15) is 0 Å². The SMILES string of the molecule is CN(C)CCNCC(=O)N(C)c1ccccc1. The Labute approximate surface area is 103 Å². The van der Waals surface area contributed by atoms with Gasteiger partial charge in [-0.3, -0.25) is 4.79 Å². The van der Waals surface area contributed by atoms with E-state index in [1.807, 2.05) is 44.4 Å². The van der Waals surface area contributed by atoms with Crippen LogP contribution in [0.5, 0.6) is 0 Å². The zero-order valence-corrected chi connectivity index (χ0v) is 10.8. The number of para-hydroxylation sites is 1. The molecule has 0 aliphatic carbocycles. The van der Waals surface area contributed by atoms with E-state index in [4.69, 9.17) is 0 Å². The van der Waals surface area contributed by atoms with Gasteiger partial charge in [0.2, 0.25) is 5.91 Å². The van der Waals surface area contributed by atoms with Gasteiger partial charge >= 0.3 is 0 Å². The van der Waals surface area contributed by atoms with E-state index in [9.17, 15) is 4.79 Å². The number of anilines is 1. The first-order chi connectivity index (χ1) is 8.11. The van der Waals surface area contributed by atoms with E-state index in [0.29, 0.717) is 6.54 Å². The second-order valence-corrected chi connectivity index (χ2v) is 4.27. The van der Waals surface area contributed by atoms with Crippen molar-refractivity contribution in [3.05, 3.63) is 30.3 Å². The Kier molecular flexibility index (Phi) is 5.66. The van der Waals surface area contributed by atoms with E-state index in [2.05, 4.69) is 10.2 Å². The van der Waals surface area contributed by atoms with Crippen LogP contribution in [0.3, 0.4) is 0 Å². The third kappa shape index (κ3) is 4.97. The third-order valence-electron chi connectivity index (χ3n) is 2.53. The lowest BCUT2D eigenvalue weighted by Gasteiger charge is -2.18. The highest BCUT2D eigenvalue weighted by molar-refractivity contribution is 5.94. The smallest absolute Gasteiger partial charge is 0.240 e. The van der Waals surface area contributed by atoms with Gasteiger partial charge < -0.3 is 15.1 Å². The number of benzene rings is 1. The molecule has 0 saturated heterocycles. The molecule has 0 aromatic heterocycles. The quantitative estimate of drug-likeness (QED) is 0.741. The third-order valence-corrected chi connectivity index (χ3v) is 2.53. The van der Waals surface area contributed by atoms with Gasteiger partial charge in [0.05, 0.1) is 6.54 Å². The molecule has 4 nitrogen and oxygen atoms in total. The lowest BCUT2D eigenvalue weighted by atomic mass is 10.3. The van der Waals surface area contributed by atoms with Crippen molar-refractivity contribution in [2.75, 3.05) is 45.7 Å². The summed E-state index contributed by atoms with van der Waals surface area (Å²) >= 11 is 0. The number of carbonyl (C=O) groups is 1. The van der Waals surface area contributed by atoms with Crippen molar-refractivity contribution in [3.8, 4) is 0 Å². The first-order valence-electron chi connectivity index (χ1n) is 5.78. The standard InChI is InChI=1S/C13H21N3O/c1-15(2)10-9-14-11-13(17)16(3)12-7-5-4-6-8-12/h4-8,14H,9-11H2,1-3H3. The summed E-state index contributed by atoms with van der Waals surface area (Å²) in [4.78, 5) is 15.6. The van der Waals surface area contributed by atoms with Crippen LogP contribution in [0.1, 0.15) is 0 Å². The molecule has 1 N–H and O–H groups in total. The maximum absolute atomic E-state index is 11.8. The summed E-state index contributed by atoms with van der Waals surface area (Å²) in [6, 6.07) is 9.66. The van der Waals surface area contributed by atoms with Crippen LogP contribution in [0.15, 0.2) is 30.3 Å². The molecule has 1 amide bonds. The van der Waals surface area contributed by atoms with Gasteiger partial charge in [-0.15, -0.1) is 0 Å². The lowest BCUT2D eigenvalue weighted by Crippen LogP contribution is -2.37. The van der Waals surface area contributed by atoms with Crippen molar-refractivity contribution in [2.24, 2.45) is 0 Å². The zero-order valence-electron chi connectivity index (χ0n) is 10.8. The maximum atomic E-state index is 11.8. The summed E-state index contributed by atoms with van der Waals surface area (Å²) in [6.07, 6.45) is 0. The molecule has 0 fully saturated rings. The molecule has 0 unspecified atom stereocenters. The average Bonchev–Trinajstić information content (AvgIpc) is 2.34. The van der Waals surface area contributed by atoms with Gasteiger partial charge in [0.15, 0.2) is 0 Å². The Hall–Kier alpha value is -1.39. The molecule has 0 bridgehead atoms. The molecule has 1 aromatic carbocycles. The molecule has 1 rings (SSSR count). The van der Waals surface area contributed by atoms with Gasteiger partial charge in [0.1, 0.15) is 0 Å². The second-order valence-electron chi connectivity index (χ2n) is 4.27. The fraction of sp³-hybridized carbons (Fsp3) is 0.462. The molecule has 0 saturated carbocycles. The van der Waals surface area contributed by atoms with Crippen LogP contribution in [0.4, 0.5) is 5.69 Å². The molecule has 0 spiro atoms. The number of hydrogen-bond donors (Lipinski definition) is 1. The molecular formula is C13H21N3O. The largest absolute Gasteiger partial charge is 0.314 e. The van der Waals surface area contributed by atoms with E-state index in [0.717, 1.165) is 18.8 Å². The molecule has 17 heavy (non-hydrogen) atoms. The van der Waals surface area contributed by atoms with Crippen molar-refractivity contribution in [2.45, 2.75) is 0 Å². The van der Waals surface area contributed by atoms with Crippen LogP contribution in [-0.2, 0) is 4.79 Å². The average molecular weight is 235 g/mol. The van der Waals surface area contributed by atoms with Crippen molar-refractivity contribution in [1.82, 2.24) is 10.2 Å². The molecule has 0 radical (unpaired) electrons. The predicted molar refractivity (Wildman–Crippen MR) is 71.3 cm³/mol. The summed E-state index contributed by atoms with van der Waals surface area (Å²) in [6.45, 7) is 2.13. The second kappa shape index (κ2) is 7.04. The molecule has 4 heteroatoms. The summed E-state index contributed by atoms with van der Waals surface area (Å²) in [5.74, 6) is 0.0787. The van der Waals surface area contributed by atoms with Gasteiger partial charge in [0, 0.05) is 25.8 Å². The highest BCUT2D eigenvalue weighted by Gasteiger charge is 2.09.